The molecule has 0 bridgehead atoms. The molecule has 0 spiro atoms. The zero-order valence-electron chi connectivity index (χ0n) is 16.5. The van der Waals surface area contributed by atoms with Crippen molar-refractivity contribution in [1.29, 1.82) is 0 Å². The number of anilines is 1. The van der Waals surface area contributed by atoms with E-state index in [1.54, 1.807) is 22.9 Å². The summed E-state index contributed by atoms with van der Waals surface area (Å²) in [6.07, 6.45) is 4.10. The standard InChI is InChI=1S/C19H30N6O2/c1-4-23(13-16-6-5-14(2)21-16)17-11-18(22-20-12-17)19(27)25-9-7-24(8-10-25)15(3)26/h11-12,14,16,21H,4-10,13H2,1-3H3. The van der Waals surface area contributed by atoms with Gasteiger partial charge in [-0.25, -0.2) is 0 Å². The summed E-state index contributed by atoms with van der Waals surface area (Å²) < 4.78 is 0. The number of amides is 2. The Labute approximate surface area is 160 Å². The van der Waals surface area contributed by atoms with E-state index < -0.39 is 0 Å². The highest BCUT2D eigenvalue weighted by Gasteiger charge is 2.26. The Bertz CT molecular complexity index is 674. The van der Waals surface area contributed by atoms with Crippen LogP contribution >= 0.6 is 0 Å². The summed E-state index contributed by atoms with van der Waals surface area (Å²) in [4.78, 5) is 30.0. The number of rotatable bonds is 5. The highest BCUT2D eigenvalue weighted by Crippen LogP contribution is 2.19. The fourth-order valence-corrected chi connectivity index (χ4v) is 3.87. The molecule has 2 aliphatic rings. The molecule has 2 unspecified atom stereocenters. The molecule has 8 nitrogen and oxygen atoms in total. The first-order valence-corrected chi connectivity index (χ1v) is 9.86. The summed E-state index contributed by atoms with van der Waals surface area (Å²) >= 11 is 0. The molecule has 27 heavy (non-hydrogen) atoms. The van der Waals surface area contributed by atoms with Crippen LogP contribution in [0.5, 0.6) is 0 Å². The molecule has 3 heterocycles. The van der Waals surface area contributed by atoms with Crippen molar-refractivity contribution in [3.63, 3.8) is 0 Å². The van der Waals surface area contributed by atoms with Crippen LogP contribution in [0.4, 0.5) is 5.69 Å². The highest BCUT2D eigenvalue weighted by atomic mass is 16.2. The maximum Gasteiger partial charge on any atom is 0.274 e. The van der Waals surface area contributed by atoms with E-state index in [0.29, 0.717) is 44.0 Å². The van der Waals surface area contributed by atoms with Gasteiger partial charge in [0.15, 0.2) is 5.69 Å². The third-order valence-corrected chi connectivity index (χ3v) is 5.53. The third kappa shape index (κ3) is 4.74. The van der Waals surface area contributed by atoms with Gasteiger partial charge in [0.2, 0.25) is 5.91 Å². The van der Waals surface area contributed by atoms with Crippen LogP contribution in [0, 0.1) is 0 Å². The van der Waals surface area contributed by atoms with Crippen LogP contribution in [-0.2, 0) is 4.79 Å². The number of carbonyl (C=O) groups is 2. The number of hydrogen-bond acceptors (Lipinski definition) is 6. The van der Waals surface area contributed by atoms with Crippen molar-refractivity contribution in [2.75, 3.05) is 44.2 Å². The van der Waals surface area contributed by atoms with Gasteiger partial charge in [-0.15, -0.1) is 5.10 Å². The molecule has 2 saturated heterocycles. The summed E-state index contributed by atoms with van der Waals surface area (Å²) in [6, 6.07) is 2.87. The zero-order valence-corrected chi connectivity index (χ0v) is 16.5. The van der Waals surface area contributed by atoms with Gasteiger partial charge in [-0.1, -0.05) is 0 Å². The van der Waals surface area contributed by atoms with Gasteiger partial charge in [-0.05, 0) is 32.8 Å². The number of nitrogens with one attached hydrogen (secondary N) is 1. The minimum Gasteiger partial charge on any atom is -0.369 e. The van der Waals surface area contributed by atoms with E-state index in [0.717, 1.165) is 18.8 Å². The minimum absolute atomic E-state index is 0.0531. The van der Waals surface area contributed by atoms with Crippen molar-refractivity contribution in [3.05, 3.63) is 18.0 Å². The fraction of sp³-hybridized carbons (Fsp3) is 0.684. The molecule has 0 aromatic carbocycles. The Morgan fingerprint density at radius 3 is 2.52 bits per heavy atom. The lowest BCUT2D eigenvalue weighted by Gasteiger charge is -2.34. The molecule has 1 N–H and O–H groups in total. The number of aromatic nitrogens is 2. The van der Waals surface area contributed by atoms with Crippen molar-refractivity contribution >= 4 is 17.5 Å². The molecule has 1 aromatic rings. The maximum absolute atomic E-state index is 12.8. The quantitative estimate of drug-likeness (QED) is 0.819. The lowest BCUT2D eigenvalue weighted by molar-refractivity contribution is -0.130. The minimum atomic E-state index is -0.115. The molecule has 3 rings (SSSR count). The number of piperazine rings is 1. The smallest absolute Gasteiger partial charge is 0.274 e. The van der Waals surface area contributed by atoms with Gasteiger partial charge >= 0.3 is 0 Å². The molecule has 0 aliphatic carbocycles. The Kier molecular flexibility index (Phi) is 6.26. The first-order chi connectivity index (χ1) is 13.0. The summed E-state index contributed by atoms with van der Waals surface area (Å²) in [5, 5.41) is 11.7. The molecular weight excluding hydrogens is 344 g/mol. The van der Waals surface area contributed by atoms with Crippen LogP contribution in [0.15, 0.2) is 12.3 Å². The molecule has 0 radical (unpaired) electrons. The van der Waals surface area contributed by atoms with E-state index in [4.69, 9.17) is 0 Å². The average Bonchev–Trinajstić information content (AvgIpc) is 3.10. The maximum atomic E-state index is 12.8. The van der Waals surface area contributed by atoms with Gasteiger partial charge in [0.05, 0.1) is 11.9 Å². The molecule has 2 amide bonds. The number of nitrogens with zero attached hydrogens (tertiary/aromatic N) is 5. The molecule has 148 valence electrons. The molecule has 0 saturated carbocycles. The summed E-state index contributed by atoms with van der Waals surface area (Å²) in [5.41, 5.74) is 1.30. The van der Waals surface area contributed by atoms with Crippen LogP contribution in [0.3, 0.4) is 0 Å². The summed E-state index contributed by atoms with van der Waals surface area (Å²) in [6.45, 7) is 9.85. The van der Waals surface area contributed by atoms with E-state index in [1.807, 2.05) is 6.07 Å². The van der Waals surface area contributed by atoms with Crippen molar-refractivity contribution in [3.8, 4) is 0 Å². The van der Waals surface area contributed by atoms with E-state index in [1.165, 1.54) is 12.8 Å². The van der Waals surface area contributed by atoms with Crippen molar-refractivity contribution in [2.24, 2.45) is 0 Å². The molecule has 2 aliphatic heterocycles. The highest BCUT2D eigenvalue weighted by molar-refractivity contribution is 5.93. The van der Waals surface area contributed by atoms with Crippen molar-refractivity contribution < 1.29 is 9.59 Å². The largest absolute Gasteiger partial charge is 0.369 e. The predicted octanol–water partition coefficient (Wildman–Crippen LogP) is 0.748. The SMILES string of the molecule is CCN(CC1CCC(C)N1)c1cnnc(C(=O)N2CCN(C(C)=O)CC2)c1. The Morgan fingerprint density at radius 1 is 1.22 bits per heavy atom. The average molecular weight is 374 g/mol. The van der Waals surface area contributed by atoms with Gasteiger partial charge in [-0.3, -0.25) is 9.59 Å². The van der Waals surface area contributed by atoms with Gasteiger partial charge in [0.1, 0.15) is 0 Å². The van der Waals surface area contributed by atoms with E-state index in [2.05, 4.69) is 34.3 Å². The lowest BCUT2D eigenvalue weighted by Crippen LogP contribution is -2.50. The second-order valence-corrected chi connectivity index (χ2v) is 7.48. The monoisotopic (exact) mass is 374 g/mol. The summed E-state index contributed by atoms with van der Waals surface area (Å²) in [5.74, 6) is -0.0615. The summed E-state index contributed by atoms with van der Waals surface area (Å²) in [7, 11) is 0. The number of carbonyl (C=O) groups excluding carboxylic acids is 2. The van der Waals surface area contributed by atoms with E-state index in [9.17, 15) is 9.59 Å². The third-order valence-electron chi connectivity index (χ3n) is 5.53. The molecule has 1 aromatic heterocycles. The molecule has 2 atom stereocenters. The van der Waals surface area contributed by atoms with Gasteiger partial charge < -0.3 is 20.0 Å². The number of hydrogen-bond donors (Lipinski definition) is 1. The van der Waals surface area contributed by atoms with Gasteiger partial charge in [0, 0.05) is 58.3 Å². The molecule has 8 heteroatoms. The molecular formula is C19H30N6O2. The zero-order chi connectivity index (χ0) is 19.4. The van der Waals surface area contributed by atoms with Crippen LogP contribution in [0.1, 0.15) is 44.1 Å². The Morgan fingerprint density at radius 2 is 1.93 bits per heavy atom. The lowest BCUT2D eigenvalue weighted by atomic mass is 10.2. The fourth-order valence-electron chi connectivity index (χ4n) is 3.87. The first kappa shape index (κ1) is 19.5. The second kappa shape index (κ2) is 8.65. The second-order valence-electron chi connectivity index (χ2n) is 7.48. The van der Waals surface area contributed by atoms with Crippen LogP contribution in [0.25, 0.3) is 0 Å². The van der Waals surface area contributed by atoms with E-state index in [-0.39, 0.29) is 11.8 Å². The van der Waals surface area contributed by atoms with Crippen molar-refractivity contribution in [2.45, 2.75) is 45.7 Å². The van der Waals surface area contributed by atoms with Gasteiger partial charge in [-0.2, -0.15) is 5.10 Å². The van der Waals surface area contributed by atoms with Crippen molar-refractivity contribution in [1.82, 2.24) is 25.3 Å². The van der Waals surface area contributed by atoms with Crippen LogP contribution < -0.4 is 10.2 Å². The topological polar surface area (TPSA) is 81.7 Å². The normalized spacial score (nSPS) is 22.8. The van der Waals surface area contributed by atoms with Crippen LogP contribution in [-0.4, -0.2) is 83.2 Å². The van der Waals surface area contributed by atoms with E-state index >= 15 is 0 Å². The Hall–Kier alpha value is -2.22. The Balaban J connectivity index is 1.65. The predicted molar refractivity (Wildman–Crippen MR) is 104 cm³/mol. The van der Waals surface area contributed by atoms with Crippen LogP contribution in [0.2, 0.25) is 0 Å². The molecule has 2 fully saturated rings. The van der Waals surface area contributed by atoms with Gasteiger partial charge in [0.25, 0.3) is 5.91 Å². The number of likely N-dealkylation sites (N-methyl/N-ethyl adjacent to an activating group) is 1. The first-order valence-electron chi connectivity index (χ1n) is 9.86.